The van der Waals surface area contributed by atoms with Crippen molar-refractivity contribution in [1.82, 2.24) is 4.98 Å². The van der Waals surface area contributed by atoms with Crippen LogP contribution in [0.2, 0.25) is 0 Å². The van der Waals surface area contributed by atoms with Gasteiger partial charge < -0.3 is 0 Å². The number of carbonyl (C=O) groups excluding carboxylic acids is 1. The largest absolute Gasteiger partial charge is 0.288 e. The van der Waals surface area contributed by atoms with Crippen LogP contribution in [0.15, 0.2) is 5.38 Å². The van der Waals surface area contributed by atoms with Gasteiger partial charge in [-0.1, -0.05) is 13.8 Å². The predicted octanol–water partition coefficient (Wildman–Crippen LogP) is 0.908. The Labute approximate surface area is 116 Å². The molecule has 8 heteroatoms. The fraction of sp³-hybridized carbons (Fsp3) is 0.636. The molecule has 1 aliphatic rings. The summed E-state index contributed by atoms with van der Waals surface area (Å²) in [5, 5.41) is 7.59. The topological polar surface area (TPSA) is 93.4 Å². The first-order valence-corrected chi connectivity index (χ1v) is 8.62. The Hall–Kier alpha value is -0.990. The van der Waals surface area contributed by atoms with Gasteiger partial charge in [-0.25, -0.2) is 18.5 Å². The van der Waals surface area contributed by atoms with Crippen molar-refractivity contribution in [3.05, 3.63) is 11.1 Å². The molecule has 1 aromatic rings. The molecule has 1 aliphatic heterocycles. The van der Waals surface area contributed by atoms with Crippen LogP contribution in [0, 0.1) is 5.92 Å². The maximum Gasteiger partial charge on any atom is 0.229 e. The van der Waals surface area contributed by atoms with Gasteiger partial charge in [-0.15, -0.1) is 11.3 Å². The number of rotatable bonds is 4. The lowest BCUT2D eigenvalue weighted by Gasteiger charge is -2.12. The third-order valence-electron chi connectivity index (χ3n) is 3.01. The highest BCUT2D eigenvalue weighted by molar-refractivity contribution is 7.89. The van der Waals surface area contributed by atoms with Crippen LogP contribution in [0.5, 0.6) is 0 Å². The molecule has 0 saturated carbocycles. The summed E-state index contributed by atoms with van der Waals surface area (Å²) in [7, 11) is -3.54. The Morgan fingerprint density at radius 2 is 2.26 bits per heavy atom. The number of aromatic nitrogens is 1. The second-order valence-corrected chi connectivity index (χ2v) is 7.61. The number of thiazole rings is 1. The zero-order valence-electron chi connectivity index (χ0n) is 10.9. The van der Waals surface area contributed by atoms with Crippen molar-refractivity contribution in [2.75, 3.05) is 17.2 Å². The Bertz CT molecular complexity index is 580. The summed E-state index contributed by atoms with van der Waals surface area (Å²) in [4.78, 5) is 17.9. The molecule has 1 amide bonds. The van der Waals surface area contributed by atoms with Gasteiger partial charge in [-0.2, -0.15) is 0 Å². The Morgan fingerprint density at radius 1 is 1.58 bits per heavy atom. The zero-order chi connectivity index (χ0) is 14.2. The number of hydrogen-bond acceptors (Lipinski definition) is 5. The summed E-state index contributed by atoms with van der Waals surface area (Å²) in [6.45, 7) is 4.45. The smallest absolute Gasteiger partial charge is 0.229 e. The van der Waals surface area contributed by atoms with Crippen molar-refractivity contribution < 1.29 is 13.2 Å². The van der Waals surface area contributed by atoms with Crippen LogP contribution in [-0.2, 0) is 14.8 Å². The third kappa shape index (κ3) is 3.52. The van der Waals surface area contributed by atoms with E-state index in [1.807, 2.05) is 19.2 Å². The SMILES string of the molecule is CC(C)c1csc(N2CC(CS(N)(=O)=O)CC2=O)n1. The van der Waals surface area contributed by atoms with Gasteiger partial charge in [0, 0.05) is 24.3 Å². The minimum Gasteiger partial charge on any atom is -0.288 e. The maximum absolute atomic E-state index is 11.9. The number of anilines is 1. The molecule has 0 spiro atoms. The number of hydrogen-bond donors (Lipinski definition) is 1. The molecule has 6 nitrogen and oxygen atoms in total. The average Bonchev–Trinajstić information content (AvgIpc) is 2.82. The lowest BCUT2D eigenvalue weighted by molar-refractivity contribution is -0.117. The first-order valence-electron chi connectivity index (χ1n) is 6.02. The molecule has 2 N–H and O–H groups in total. The molecule has 1 atom stereocenters. The molecule has 0 bridgehead atoms. The van der Waals surface area contributed by atoms with Gasteiger partial charge in [0.15, 0.2) is 5.13 Å². The monoisotopic (exact) mass is 303 g/mol. The van der Waals surface area contributed by atoms with Crippen molar-refractivity contribution in [3.63, 3.8) is 0 Å². The first-order chi connectivity index (χ1) is 8.76. The van der Waals surface area contributed by atoms with Crippen LogP contribution in [0.3, 0.4) is 0 Å². The molecule has 0 radical (unpaired) electrons. The van der Waals surface area contributed by atoms with Gasteiger partial charge in [-0.05, 0) is 5.92 Å². The normalized spacial score (nSPS) is 20.5. The summed E-state index contributed by atoms with van der Waals surface area (Å²) in [5.41, 5.74) is 0.947. The van der Waals surface area contributed by atoms with Crippen LogP contribution in [-0.4, -0.2) is 31.6 Å². The Morgan fingerprint density at radius 3 is 2.79 bits per heavy atom. The number of nitrogens with two attached hydrogens (primary N) is 1. The number of carbonyl (C=O) groups is 1. The van der Waals surface area contributed by atoms with Gasteiger partial charge in [0.1, 0.15) is 0 Å². The third-order valence-corrected chi connectivity index (χ3v) is 4.82. The van der Waals surface area contributed by atoms with Gasteiger partial charge >= 0.3 is 0 Å². The molecule has 0 aromatic carbocycles. The highest BCUT2D eigenvalue weighted by Crippen LogP contribution is 2.30. The van der Waals surface area contributed by atoms with Crippen LogP contribution in [0.1, 0.15) is 31.9 Å². The van der Waals surface area contributed by atoms with Crippen molar-refractivity contribution in [3.8, 4) is 0 Å². The van der Waals surface area contributed by atoms with E-state index in [0.717, 1.165) is 5.69 Å². The second kappa shape index (κ2) is 5.18. The van der Waals surface area contributed by atoms with Crippen molar-refractivity contribution in [2.24, 2.45) is 11.1 Å². The fourth-order valence-corrected chi connectivity index (χ4v) is 3.97. The Balaban J connectivity index is 2.11. The molecular weight excluding hydrogens is 286 g/mol. The van der Waals surface area contributed by atoms with E-state index in [1.54, 1.807) is 4.90 Å². The zero-order valence-corrected chi connectivity index (χ0v) is 12.5. The van der Waals surface area contributed by atoms with E-state index in [1.165, 1.54) is 11.3 Å². The molecule has 0 aliphatic carbocycles. The van der Waals surface area contributed by atoms with Crippen LogP contribution < -0.4 is 10.0 Å². The molecule has 19 heavy (non-hydrogen) atoms. The lowest BCUT2D eigenvalue weighted by atomic mass is 10.1. The van der Waals surface area contributed by atoms with Crippen LogP contribution in [0.4, 0.5) is 5.13 Å². The van der Waals surface area contributed by atoms with Gasteiger partial charge in [0.05, 0.1) is 11.4 Å². The van der Waals surface area contributed by atoms with Gasteiger partial charge in [0.2, 0.25) is 15.9 Å². The van der Waals surface area contributed by atoms with E-state index < -0.39 is 10.0 Å². The number of amides is 1. The quantitative estimate of drug-likeness (QED) is 0.894. The molecule has 1 unspecified atom stereocenters. The standard InChI is InChI=1S/C11H17N3O3S2/c1-7(2)9-5-18-11(13-9)14-4-8(3-10(14)15)6-19(12,16)17/h5,7-8H,3-4,6H2,1-2H3,(H2,12,16,17). The summed E-state index contributed by atoms with van der Waals surface area (Å²) in [6, 6.07) is 0. The van der Waals surface area contributed by atoms with E-state index in [0.29, 0.717) is 17.6 Å². The van der Waals surface area contributed by atoms with E-state index in [4.69, 9.17) is 5.14 Å². The molecule has 2 rings (SSSR count). The van der Waals surface area contributed by atoms with Crippen molar-refractivity contribution in [1.29, 1.82) is 0 Å². The fourth-order valence-electron chi connectivity index (χ4n) is 2.07. The van der Waals surface area contributed by atoms with E-state index >= 15 is 0 Å². The van der Waals surface area contributed by atoms with Crippen molar-refractivity contribution >= 4 is 32.4 Å². The molecule has 1 fully saturated rings. The number of nitrogens with zero attached hydrogens (tertiary/aromatic N) is 2. The van der Waals surface area contributed by atoms with Gasteiger partial charge in [-0.3, -0.25) is 9.69 Å². The molecule has 2 heterocycles. The first kappa shape index (κ1) is 14.4. The number of primary sulfonamides is 1. The predicted molar refractivity (Wildman–Crippen MR) is 74.6 cm³/mol. The summed E-state index contributed by atoms with van der Waals surface area (Å²) in [5.74, 6) is -0.174. The highest BCUT2D eigenvalue weighted by atomic mass is 32.2. The van der Waals surface area contributed by atoms with Crippen molar-refractivity contribution in [2.45, 2.75) is 26.2 Å². The molecule has 1 aromatic heterocycles. The molecule has 106 valence electrons. The maximum atomic E-state index is 11.9. The van der Waals surface area contributed by atoms with E-state index in [9.17, 15) is 13.2 Å². The minimum atomic E-state index is -3.54. The molecule has 1 saturated heterocycles. The van der Waals surface area contributed by atoms with Crippen LogP contribution >= 0.6 is 11.3 Å². The van der Waals surface area contributed by atoms with E-state index in [2.05, 4.69) is 4.98 Å². The summed E-state index contributed by atoms with van der Waals surface area (Å²) in [6.07, 6.45) is 0.215. The Kier molecular flexibility index (Phi) is 3.93. The minimum absolute atomic E-state index is 0.0849. The second-order valence-electron chi connectivity index (χ2n) is 5.11. The van der Waals surface area contributed by atoms with Gasteiger partial charge in [0.25, 0.3) is 0 Å². The number of sulfonamides is 1. The van der Waals surface area contributed by atoms with E-state index in [-0.39, 0.29) is 24.0 Å². The summed E-state index contributed by atoms with van der Waals surface area (Å²) >= 11 is 1.41. The molecular formula is C11H17N3O3S2. The lowest BCUT2D eigenvalue weighted by Crippen LogP contribution is -2.27. The van der Waals surface area contributed by atoms with Crippen LogP contribution in [0.25, 0.3) is 0 Å². The summed E-state index contributed by atoms with van der Waals surface area (Å²) < 4.78 is 22.1. The average molecular weight is 303 g/mol. The highest BCUT2D eigenvalue weighted by Gasteiger charge is 2.34.